The predicted octanol–water partition coefficient (Wildman–Crippen LogP) is 3.90. The summed E-state index contributed by atoms with van der Waals surface area (Å²) in [5, 5.41) is 20.8. The largest absolute Gasteiger partial charge is 0.490 e. The van der Waals surface area contributed by atoms with Gasteiger partial charge < -0.3 is 19.9 Å². The molecule has 2 heterocycles. The second-order valence-electron chi connectivity index (χ2n) is 6.17. The van der Waals surface area contributed by atoms with Gasteiger partial charge in [0.1, 0.15) is 5.82 Å². The van der Waals surface area contributed by atoms with Crippen LogP contribution in [0.3, 0.4) is 0 Å². The van der Waals surface area contributed by atoms with Crippen molar-refractivity contribution in [1.29, 1.82) is 0 Å². The van der Waals surface area contributed by atoms with Crippen molar-refractivity contribution in [2.45, 2.75) is 13.3 Å². The normalized spacial score (nSPS) is 11.2. The van der Waals surface area contributed by atoms with Crippen LogP contribution in [0.1, 0.15) is 13.3 Å². The van der Waals surface area contributed by atoms with Crippen LogP contribution in [0.4, 0.5) is 11.5 Å². The second-order valence-corrected chi connectivity index (χ2v) is 6.17. The van der Waals surface area contributed by atoms with E-state index in [4.69, 9.17) is 14.6 Å². The van der Waals surface area contributed by atoms with Gasteiger partial charge in [0.15, 0.2) is 11.5 Å². The first-order chi connectivity index (χ1) is 13.3. The highest BCUT2D eigenvalue weighted by molar-refractivity contribution is 6.05. The topological polar surface area (TPSA) is 95.2 Å². The number of anilines is 2. The third-order valence-corrected chi connectivity index (χ3v) is 4.33. The van der Waals surface area contributed by atoms with Crippen molar-refractivity contribution in [3.8, 4) is 22.8 Å². The molecule has 0 amide bonds. The Labute approximate surface area is 156 Å². The van der Waals surface area contributed by atoms with Crippen LogP contribution in [-0.4, -0.2) is 40.1 Å². The van der Waals surface area contributed by atoms with E-state index in [2.05, 4.69) is 26.6 Å². The van der Waals surface area contributed by atoms with Crippen molar-refractivity contribution in [1.82, 2.24) is 15.2 Å². The SMILES string of the molecule is CCOc1cc2c3[nH][nH]c(Nc4cccnc4)c-3cc2cc1OCCCO. The molecule has 1 aromatic heterocycles. The first-order valence-corrected chi connectivity index (χ1v) is 9.00. The van der Waals surface area contributed by atoms with E-state index in [0.29, 0.717) is 31.1 Å². The maximum Gasteiger partial charge on any atom is 0.161 e. The van der Waals surface area contributed by atoms with Crippen LogP contribution in [0.15, 0.2) is 42.7 Å². The van der Waals surface area contributed by atoms with Gasteiger partial charge in [-0.05, 0) is 42.6 Å². The number of aromatic amines is 2. The number of pyridine rings is 1. The standard InChI is InChI=1S/C20H22N4O3/c1-2-26-18-11-15-13(10-17(18)27-8-4-7-25)9-16-19(15)23-24-20(16)22-14-5-3-6-21-12-14/h3,5-6,9-12,22-25H,2,4,7-8H2,1H3. The van der Waals surface area contributed by atoms with Crippen LogP contribution >= 0.6 is 0 Å². The summed E-state index contributed by atoms with van der Waals surface area (Å²) in [6.45, 7) is 3.05. The maximum atomic E-state index is 8.98. The fourth-order valence-corrected chi connectivity index (χ4v) is 3.12. The van der Waals surface area contributed by atoms with Crippen LogP contribution in [0.5, 0.6) is 11.5 Å². The van der Waals surface area contributed by atoms with Crippen LogP contribution < -0.4 is 14.8 Å². The van der Waals surface area contributed by atoms with Crippen LogP contribution in [-0.2, 0) is 0 Å². The Morgan fingerprint density at radius 1 is 1.15 bits per heavy atom. The summed E-state index contributed by atoms with van der Waals surface area (Å²) in [6.07, 6.45) is 4.10. The monoisotopic (exact) mass is 366 g/mol. The number of aliphatic hydroxyl groups is 1. The zero-order valence-corrected chi connectivity index (χ0v) is 15.1. The molecule has 2 aromatic rings. The number of fused-ring (bicyclic) bond motifs is 3. The lowest BCUT2D eigenvalue weighted by Gasteiger charge is -2.12. The van der Waals surface area contributed by atoms with Gasteiger partial charge in [0.25, 0.3) is 0 Å². The summed E-state index contributed by atoms with van der Waals surface area (Å²) in [5.74, 6) is 2.26. The molecule has 140 valence electrons. The van der Waals surface area contributed by atoms with E-state index in [1.807, 2.05) is 31.2 Å². The Morgan fingerprint density at radius 3 is 2.81 bits per heavy atom. The molecular weight excluding hydrogens is 344 g/mol. The Morgan fingerprint density at radius 2 is 2.04 bits per heavy atom. The minimum Gasteiger partial charge on any atom is -0.490 e. The Bertz CT molecular complexity index is 993. The molecule has 4 N–H and O–H groups in total. The summed E-state index contributed by atoms with van der Waals surface area (Å²) in [5.41, 5.74) is 2.95. The van der Waals surface area contributed by atoms with Crippen molar-refractivity contribution in [2.24, 2.45) is 0 Å². The van der Waals surface area contributed by atoms with Crippen LogP contribution in [0.25, 0.3) is 22.0 Å². The van der Waals surface area contributed by atoms with E-state index in [9.17, 15) is 0 Å². The summed E-state index contributed by atoms with van der Waals surface area (Å²) >= 11 is 0. The number of ether oxygens (including phenoxy) is 2. The van der Waals surface area contributed by atoms with Gasteiger partial charge in [-0.1, -0.05) is 0 Å². The van der Waals surface area contributed by atoms with Gasteiger partial charge in [0.2, 0.25) is 0 Å². The smallest absolute Gasteiger partial charge is 0.161 e. The fraction of sp³-hybridized carbons (Fsp3) is 0.250. The molecule has 0 saturated carbocycles. The molecule has 0 spiro atoms. The molecule has 7 heteroatoms. The van der Waals surface area contributed by atoms with Crippen LogP contribution in [0.2, 0.25) is 0 Å². The summed E-state index contributed by atoms with van der Waals surface area (Å²) < 4.78 is 11.6. The van der Waals surface area contributed by atoms with Gasteiger partial charge in [-0.3, -0.25) is 15.2 Å². The van der Waals surface area contributed by atoms with Gasteiger partial charge in [-0.2, -0.15) is 0 Å². The minimum atomic E-state index is 0.102. The predicted molar refractivity (Wildman–Crippen MR) is 105 cm³/mol. The van der Waals surface area contributed by atoms with Crippen molar-refractivity contribution in [3.05, 3.63) is 42.7 Å². The molecule has 27 heavy (non-hydrogen) atoms. The van der Waals surface area contributed by atoms with E-state index in [0.717, 1.165) is 33.5 Å². The first-order valence-electron chi connectivity index (χ1n) is 9.00. The zero-order valence-electron chi connectivity index (χ0n) is 15.1. The summed E-state index contributed by atoms with van der Waals surface area (Å²) in [4.78, 5) is 4.13. The lowest BCUT2D eigenvalue weighted by molar-refractivity contribution is 0.225. The Hall–Kier alpha value is -3.19. The van der Waals surface area contributed by atoms with E-state index in [-0.39, 0.29) is 6.61 Å². The molecule has 0 saturated heterocycles. The number of rotatable bonds is 8. The van der Waals surface area contributed by atoms with Crippen molar-refractivity contribution in [3.63, 3.8) is 0 Å². The first kappa shape index (κ1) is 17.2. The van der Waals surface area contributed by atoms with E-state index < -0.39 is 0 Å². The third-order valence-electron chi connectivity index (χ3n) is 4.33. The third kappa shape index (κ3) is 3.41. The highest BCUT2D eigenvalue weighted by Crippen LogP contribution is 2.42. The Balaban J connectivity index is 1.71. The molecule has 0 atom stereocenters. The molecule has 1 aromatic carbocycles. The van der Waals surface area contributed by atoms with Crippen LogP contribution in [0, 0.1) is 0 Å². The van der Waals surface area contributed by atoms with E-state index in [1.54, 1.807) is 12.4 Å². The number of nitrogens with one attached hydrogen (secondary N) is 3. The molecular formula is C20H22N4O3. The number of aliphatic hydroxyl groups excluding tert-OH is 1. The molecule has 2 aliphatic rings. The van der Waals surface area contributed by atoms with E-state index >= 15 is 0 Å². The number of nitrogens with zero attached hydrogens (tertiary/aromatic N) is 1. The van der Waals surface area contributed by atoms with Gasteiger partial charge in [-0.15, -0.1) is 0 Å². The molecule has 0 fully saturated rings. The number of hydrogen-bond donors (Lipinski definition) is 4. The maximum absolute atomic E-state index is 8.98. The molecule has 0 radical (unpaired) electrons. The minimum absolute atomic E-state index is 0.102. The van der Waals surface area contributed by atoms with Crippen molar-refractivity contribution < 1.29 is 14.6 Å². The van der Waals surface area contributed by atoms with E-state index in [1.165, 1.54) is 0 Å². The quantitative estimate of drug-likeness (QED) is 0.355. The fourth-order valence-electron chi connectivity index (χ4n) is 3.12. The molecule has 7 nitrogen and oxygen atoms in total. The van der Waals surface area contributed by atoms with Gasteiger partial charge in [-0.25, -0.2) is 0 Å². The molecule has 0 unspecified atom stereocenters. The lowest BCUT2D eigenvalue weighted by Crippen LogP contribution is -2.02. The molecule has 1 aliphatic heterocycles. The number of H-pyrrole nitrogens is 2. The molecule has 4 rings (SSSR count). The summed E-state index contributed by atoms with van der Waals surface area (Å²) in [6, 6.07) is 9.93. The van der Waals surface area contributed by atoms with Gasteiger partial charge in [0, 0.05) is 30.2 Å². The molecule has 0 bridgehead atoms. The summed E-state index contributed by atoms with van der Waals surface area (Å²) in [7, 11) is 0. The van der Waals surface area contributed by atoms with Crippen molar-refractivity contribution in [2.75, 3.05) is 25.1 Å². The Kier molecular flexibility index (Phi) is 4.84. The number of aromatic nitrogens is 3. The number of hydrogen-bond acceptors (Lipinski definition) is 5. The average Bonchev–Trinajstić information content (AvgIpc) is 3.23. The van der Waals surface area contributed by atoms with Crippen molar-refractivity contribution >= 4 is 22.3 Å². The zero-order chi connectivity index (χ0) is 18.6. The average molecular weight is 366 g/mol. The van der Waals surface area contributed by atoms with Gasteiger partial charge in [0.05, 0.1) is 30.8 Å². The second kappa shape index (κ2) is 7.59. The highest BCUT2D eigenvalue weighted by Gasteiger charge is 2.19. The number of benzene rings is 1. The highest BCUT2D eigenvalue weighted by atomic mass is 16.5. The lowest BCUT2D eigenvalue weighted by atomic mass is 10.2. The van der Waals surface area contributed by atoms with Gasteiger partial charge >= 0.3 is 0 Å². The molecule has 1 aliphatic carbocycles.